The van der Waals surface area contributed by atoms with Crippen LogP contribution < -0.4 is 5.32 Å². The zero-order valence-electron chi connectivity index (χ0n) is 11.6. The maximum absolute atomic E-state index is 13.7. The molecule has 1 aromatic rings. The summed E-state index contributed by atoms with van der Waals surface area (Å²) in [5.41, 5.74) is -0.106. The van der Waals surface area contributed by atoms with Gasteiger partial charge in [-0.2, -0.15) is 0 Å². The molecule has 0 bridgehead atoms. The van der Waals surface area contributed by atoms with Crippen molar-refractivity contribution >= 4 is 27.8 Å². The lowest BCUT2D eigenvalue weighted by Gasteiger charge is -2.18. The van der Waals surface area contributed by atoms with E-state index in [-0.39, 0.29) is 11.5 Å². The molecule has 20 heavy (non-hydrogen) atoms. The summed E-state index contributed by atoms with van der Waals surface area (Å²) >= 11 is 3.12. The molecule has 110 valence electrons. The van der Waals surface area contributed by atoms with Gasteiger partial charge in [-0.15, -0.1) is 0 Å². The van der Waals surface area contributed by atoms with E-state index in [2.05, 4.69) is 26.0 Å². The number of esters is 1. The summed E-state index contributed by atoms with van der Waals surface area (Å²) in [5, 5.41) is 2.51. The molecule has 1 rings (SSSR count). The molecule has 1 amide bonds. The van der Waals surface area contributed by atoms with Gasteiger partial charge in [0.15, 0.2) is 0 Å². The molecule has 1 atom stereocenters. The molecular formula is C14H17BrFNO3. The average molecular weight is 346 g/mol. The van der Waals surface area contributed by atoms with Crippen LogP contribution >= 0.6 is 15.9 Å². The first-order chi connectivity index (χ1) is 9.35. The third kappa shape index (κ3) is 4.59. The lowest BCUT2D eigenvalue weighted by Crippen LogP contribution is -2.42. The highest BCUT2D eigenvalue weighted by molar-refractivity contribution is 9.10. The number of ether oxygens (including phenoxy) is 1. The second-order valence-corrected chi connectivity index (χ2v) is 5.72. The standard InChI is InChI=1S/C14H17BrFNO3/c1-8(2)6-12(14(19)20-3)17-13(18)10-5-4-9(15)7-11(10)16/h4-5,7-8,12H,6H2,1-3H3,(H,17,18). The van der Waals surface area contributed by atoms with E-state index >= 15 is 0 Å². The molecule has 0 aliphatic rings. The van der Waals surface area contributed by atoms with E-state index in [1.807, 2.05) is 13.8 Å². The SMILES string of the molecule is COC(=O)C(CC(C)C)NC(=O)c1ccc(Br)cc1F. The first-order valence-corrected chi connectivity index (χ1v) is 6.98. The van der Waals surface area contributed by atoms with E-state index in [0.717, 1.165) is 0 Å². The molecule has 0 radical (unpaired) electrons. The van der Waals surface area contributed by atoms with Gasteiger partial charge < -0.3 is 10.1 Å². The van der Waals surface area contributed by atoms with Crippen LogP contribution in [0.3, 0.4) is 0 Å². The summed E-state index contributed by atoms with van der Waals surface area (Å²) in [7, 11) is 1.25. The quantitative estimate of drug-likeness (QED) is 0.834. The van der Waals surface area contributed by atoms with Gasteiger partial charge in [0.25, 0.3) is 5.91 Å². The monoisotopic (exact) mass is 345 g/mol. The molecule has 0 heterocycles. The normalized spacial score (nSPS) is 12.1. The summed E-state index contributed by atoms with van der Waals surface area (Å²) in [6, 6.07) is 3.34. The Morgan fingerprint density at radius 2 is 2.05 bits per heavy atom. The molecule has 0 fully saturated rings. The summed E-state index contributed by atoms with van der Waals surface area (Å²) in [5.74, 6) is -1.63. The van der Waals surface area contributed by atoms with Crippen molar-refractivity contribution in [3.8, 4) is 0 Å². The van der Waals surface area contributed by atoms with Crippen LogP contribution in [0.15, 0.2) is 22.7 Å². The van der Waals surface area contributed by atoms with Gasteiger partial charge in [-0.3, -0.25) is 4.79 Å². The van der Waals surface area contributed by atoms with Crippen LogP contribution in [-0.4, -0.2) is 25.0 Å². The fourth-order valence-electron chi connectivity index (χ4n) is 1.74. The van der Waals surface area contributed by atoms with Gasteiger partial charge in [-0.25, -0.2) is 9.18 Å². The number of carbonyl (C=O) groups is 2. The lowest BCUT2D eigenvalue weighted by molar-refractivity contribution is -0.143. The van der Waals surface area contributed by atoms with Crippen LogP contribution in [0.5, 0.6) is 0 Å². The van der Waals surface area contributed by atoms with Crippen molar-refractivity contribution in [2.45, 2.75) is 26.3 Å². The third-order valence-electron chi connectivity index (χ3n) is 2.67. The van der Waals surface area contributed by atoms with Gasteiger partial charge in [0.05, 0.1) is 12.7 Å². The molecule has 0 aliphatic heterocycles. The van der Waals surface area contributed by atoms with Crippen molar-refractivity contribution in [3.05, 3.63) is 34.1 Å². The summed E-state index contributed by atoms with van der Waals surface area (Å²) in [6.45, 7) is 3.84. The van der Waals surface area contributed by atoms with Crippen LogP contribution in [0.25, 0.3) is 0 Å². The second kappa shape index (κ2) is 7.38. The molecule has 6 heteroatoms. The van der Waals surface area contributed by atoms with Crippen molar-refractivity contribution in [2.75, 3.05) is 7.11 Å². The minimum Gasteiger partial charge on any atom is -0.467 e. The van der Waals surface area contributed by atoms with Crippen molar-refractivity contribution in [1.29, 1.82) is 0 Å². The topological polar surface area (TPSA) is 55.4 Å². The molecule has 0 saturated carbocycles. The number of hydrogen-bond acceptors (Lipinski definition) is 3. The van der Waals surface area contributed by atoms with Crippen molar-refractivity contribution in [1.82, 2.24) is 5.32 Å². The molecule has 4 nitrogen and oxygen atoms in total. The number of nitrogens with one attached hydrogen (secondary N) is 1. The van der Waals surface area contributed by atoms with E-state index in [9.17, 15) is 14.0 Å². The number of carbonyl (C=O) groups excluding carboxylic acids is 2. The summed E-state index contributed by atoms with van der Waals surface area (Å²) in [4.78, 5) is 23.6. The third-order valence-corrected chi connectivity index (χ3v) is 3.17. The van der Waals surface area contributed by atoms with Crippen LogP contribution in [0.4, 0.5) is 4.39 Å². The second-order valence-electron chi connectivity index (χ2n) is 4.80. The summed E-state index contributed by atoms with van der Waals surface area (Å²) in [6.07, 6.45) is 0.427. The molecule has 1 unspecified atom stereocenters. The fraction of sp³-hybridized carbons (Fsp3) is 0.429. The Morgan fingerprint density at radius 3 is 2.55 bits per heavy atom. The maximum atomic E-state index is 13.7. The number of amides is 1. The Kier molecular flexibility index (Phi) is 6.13. The highest BCUT2D eigenvalue weighted by atomic mass is 79.9. The number of rotatable bonds is 5. The zero-order chi connectivity index (χ0) is 15.3. The van der Waals surface area contributed by atoms with E-state index in [1.165, 1.54) is 19.2 Å². The predicted molar refractivity (Wildman–Crippen MR) is 76.8 cm³/mol. The highest BCUT2D eigenvalue weighted by Crippen LogP contribution is 2.16. The molecular weight excluding hydrogens is 329 g/mol. The van der Waals surface area contributed by atoms with Crippen molar-refractivity contribution < 1.29 is 18.7 Å². The first kappa shape index (κ1) is 16.6. The average Bonchev–Trinajstić information content (AvgIpc) is 2.36. The van der Waals surface area contributed by atoms with Gasteiger partial charge in [-0.1, -0.05) is 29.8 Å². The van der Waals surface area contributed by atoms with E-state index in [4.69, 9.17) is 0 Å². The lowest BCUT2D eigenvalue weighted by atomic mass is 10.0. The number of benzene rings is 1. The van der Waals surface area contributed by atoms with Gasteiger partial charge in [0, 0.05) is 4.47 Å². The highest BCUT2D eigenvalue weighted by Gasteiger charge is 2.24. The Hall–Kier alpha value is -1.43. The largest absolute Gasteiger partial charge is 0.467 e. The van der Waals surface area contributed by atoms with Crippen LogP contribution in [-0.2, 0) is 9.53 Å². The Bertz CT molecular complexity index is 505. The van der Waals surface area contributed by atoms with Crippen molar-refractivity contribution in [3.63, 3.8) is 0 Å². The maximum Gasteiger partial charge on any atom is 0.328 e. The Balaban J connectivity index is 2.87. The molecule has 0 aliphatic carbocycles. The molecule has 1 aromatic carbocycles. The van der Waals surface area contributed by atoms with Gasteiger partial charge in [0.2, 0.25) is 0 Å². The number of hydrogen-bond donors (Lipinski definition) is 1. The fourth-order valence-corrected chi connectivity index (χ4v) is 2.07. The Morgan fingerprint density at radius 1 is 1.40 bits per heavy atom. The van der Waals surface area contributed by atoms with Crippen LogP contribution in [0.1, 0.15) is 30.6 Å². The molecule has 0 saturated heterocycles. The zero-order valence-corrected chi connectivity index (χ0v) is 13.2. The predicted octanol–water partition coefficient (Wildman–Crippen LogP) is 2.91. The molecule has 1 N–H and O–H groups in total. The minimum atomic E-state index is -0.782. The molecule has 0 aromatic heterocycles. The summed E-state index contributed by atoms with van der Waals surface area (Å²) < 4.78 is 18.9. The number of halogens is 2. The Labute approximate surface area is 125 Å². The van der Waals surface area contributed by atoms with E-state index in [1.54, 1.807) is 6.07 Å². The van der Waals surface area contributed by atoms with Gasteiger partial charge >= 0.3 is 5.97 Å². The number of methoxy groups -OCH3 is 1. The van der Waals surface area contributed by atoms with Crippen LogP contribution in [0.2, 0.25) is 0 Å². The van der Waals surface area contributed by atoms with Crippen LogP contribution in [0, 0.1) is 11.7 Å². The van der Waals surface area contributed by atoms with Gasteiger partial charge in [-0.05, 0) is 30.5 Å². The van der Waals surface area contributed by atoms with Gasteiger partial charge in [0.1, 0.15) is 11.9 Å². The van der Waals surface area contributed by atoms with Crippen molar-refractivity contribution in [2.24, 2.45) is 5.92 Å². The minimum absolute atomic E-state index is 0.106. The molecule has 0 spiro atoms. The van der Waals surface area contributed by atoms with E-state index in [0.29, 0.717) is 10.9 Å². The van der Waals surface area contributed by atoms with E-state index < -0.39 is 23.7 Å². The smallest absolute Gasteiger partial charge is 0.328 e. The first-order valence-electron chi connectivity index (χ1n) is 6.19.